The second-order valence-corrected chi connectivity index (χ2v) is 2.66. The van der Waals surface area contributed by atoms with Gasteiger partial charge in [-0.05, 0) is 0 Å². The first-order valence-electron chi connectivity index (χ1n) is 2.94. The number of nitrogens with two attached hydrogens (primary N) is 1. The van der Waals surface area contributed by atoms with Crippen LogP contribution in [0.4, 0.5) is 0 Å². The summed E-state index contributed by atoms with van der Waals surface area (Å²) in [4.78, 5) is 19.6. The van der Waals surface area contributed by atoms with Gasteiger partial charge in [0.2, 0.25) is 6.73 Å². The number of quaternary nitrogens is 1. The summed E-state index contributed by atoms with van der Waals surface area (Å²) in [6.45, 7) is 0.606. The number of carbonyl (C=O) groups excluding carboxylic acids is 1. The molecule has 5 nitrogen and oxygen atoms in total. The highest BCUT2D eigenvalue weighted by molar-refractivity contribution is 7.99. The van der Waals surface area contributed by atoms with Gasteiger partial charge in [0.15, 0.2) is 0 Å². The molecule has 0 bridgehead atoms. The lowest BCUT2D eigenvalue weighted by molar-refractivity contribution is -0.664. The van der Waals surface area contributed by atoms with Gasteiger partial charge in [-0.3, -0.25) is 9.59 Å². The minimum Gasteiger partial charge on any atom is -0.481 e. The molecule has 11 heavy (non-hydrogen) atoms. The Kier molecular flexibility index (Phi) is 6.86. The van der Waals surface area contributed by atoms with Crippen molar-refractivity contribution < 1.29 is 24.7 Å². The molecule has 0 aromatic heterocycles. The fourth-order valence-electron chi connectivity index (χ4n) is 0.385. The van der Waals surface area contributed by atoms with Crippen LogP contribution in [0.2, 0.25) is 0 Å². The van der Waals surface area contributed by atoms with Crippen LogP contribution >= 0.6 is 11.8 Å². The van der Waals surface area contributed by atoms with Gasteiger partial charge in [-0.15, -0.1) is 0 Å². The lowest BCUT2D eigenvalue weighted by Crippen LogP contribution is -2.84. The van der Waals surface area contributed by atoms with E-state index in [1.54, 1.807) is 5.32 Å². The third-order valence-electron chi connectivity index (χ3n) is 0.743. The van der Waals surface area contributed by atoms with Gasteiger partial charge in [0.25, 0.3) is 6.47 Å². The molecule has 0 atom stereocenters. The van der Waals surface area contributed by atoms with Crippen molar-refractivity contribution in [3.8, 4) is 0 Å². The third kappa shape index (κ3) is 9.25. The molecule has 0 heterocycles. The topological polar surface area (TPSA) is 80.2 Å². The van der Waals surface area contributed by atoms with Crippen molar-refractivity contribution in [2.45, 2.75) is 0 Å². The number of carbonyl (C=O) groups is 2. The largest absolute Gasteiger partial charge is 0.481 e. The first-order chi connectivity index (χ1) is 5.27. The molecule has 0 aliphatic heterocycles. The van der Waals surface area contributed by atoms with Crippen molar-refractivity contribution in [3.05, 3.63) is 0 Å². The van der Waals surface area contributed by atoms with E-state index < -0.39 is 5.97 Å². The van der Waals surface area contributed by atoms with E-state index in [0.717, 1.165) is 0 Å². The van der Waals surface area contributed by atoms with Gasteiger partial charge in [0, 0.05) is 0 Å². The summed E-state index contributed by atoms with van der Waals surface area (Å²) in [5.74, 6) is -0.169. The predicted molar refractivity (Wildman–Crippen MR) is 38.9 cm³/mol. The molecule has 0 fully saturated rings. The molecule has 0 aromatic carbocycles. The zero-order valence-corrected chi connectivity index (χ0v) is 6.67. The average Bonchev–Trinajstić information content (AvgIpc) is 1.96. The van der Waals surface area contributed by atoms with Gasteiger partial charge in [-0.1, -0.05) is 11.8 Å². The zero-order chi connectivity index (χ0) is 8.53. The van der Waals surface area contributed by atoms with E-state index in [1.165, 1.54) is 11.8 Å². The normalized spacial score (nSPS) is 9.09. The highest BCUT2D eigenvalue weighted by atomic mass is 32.2. The maximum atomic E-state index is 9.97. The molecule has 0 aliphatic carbocycles. The Hall–Kier alpha value is -0.750. The maximum Gasteiger partial charge on any atom is 0.313 e. The number of hydrogen-bond donors (Lipinski definition) is 2. The lowest BCUT2D eigenvalue weighted by Gasteiger charge is -1.96. The van der Waals surface area contributed by atoms with Crippen LogP contribution in [0.25, 0.3) is 0 Å². The number of ether oxygens (including phenoxy) is 1. The second-order valence-electron chi connectivity index (χ2n) is 1.63. The summed E-state index contributed by atoms with van der Waals surface area (Å²) in [6, 6.07) is 0. The predicted octanol–water partition coefficient (Wildman–Crippen LogP) is -1.54. The van der Waals surface area contributed by atoms with Crippen LogP contribution in [0.5, 0.6) is 0 Å². The summed E-state index contributed by atoms with van der Waals surface area (Å²) >= 11 is 1.26. The highest BCUT2D eigenvalue weighted by Crippen LogP contribution is 1.91. The Bertz CT molecular complexity index is 130. The zero-order valence-electron chi connectivity index (χ0n) is 5.86. The average molecular weight is 180 g/mol. The van der Waals surface area contributed by atoms with Crippen molar-refractivity contribution >= 4 is 24.2 Å². The van der Waals surface area contributed by atoms with Crippen LogP contribution in [0.1, 0.15) is 0 Å². The fourth-order valence-corrected chi connectivity index (χ4v) is 0.940. The first-order valence-corrected chi connectivity index (χ1v) is 4.09. The summed E-state index contributed by atoms with van der Waals surface area (Å²) in [6.07, 6.45) is 0. The number of carboxylic acid groups (broad SMARTS) is 1. The molecule has 6 heteroatoms. The van der Waals surface area contributed by atoms with Crippen molar-refractivity contribution in [2.24, 2.45) is 0 Å². The van der Waals surface area contributed by atoms with Crippen molar-refractivity contribution in [1.29, 1.82) is 0 Å². The van der Waals surface area contributed by atoms with Crippen molar-refractivity contribution in [2.75, 3.05) is 18.4 Å². The molecular weight excluding hydrogens is 170 g/mol. The first kappa shape index (κ1) is 10.2. The molecule has 0 radical (unpaired) electrons. The Morgan fingerprint density at radius 3 is 3.00 bits per heavy atom. The number of carboxylic acids is 1. The summed E-state index contributed by atoms with van der Waals surface area (Å²) in [7, 11) is 0. The number of thioether (sulfide) groups is 1. The van der Waals surface area contributed by atoms with E-state index in [0.29, 0.717) is 12.3 Å². The van der Waals surface area contributed by atoms with E-state index in [9.17, 15) is 9.59 Å². The van der Waals surface area contributed by atoms with E-state index in [1.807, 2.05) is 0 Å². The minimum absolute atomic E-state index is 0.0809. The number of aliphatic carboxylic acids is 1. The SMILES string of the molecule is O=COC[NH2+]CSCC(=O)O. The molecule has 0 amide bonds. The Labute approximate surface area is 68.1 Å². The molecule has 0 spiro atoms. The van der Waals surface area contributed by atoms with Gasteiger partial charge >= 0.3 is 5.97 Å². The molecule has 0 aliphatic rings. The molecule has 0 aromatic rings. The van der Waals surface area contributed by atoms with E-state index in [-0.39, 0.29) is 12.5 Å². The van der Waals surface area contributed by atoms with E-state index in [2.05, 4.69) is 4.74 Å². The molecule has 0 unspecified atom stereocenters. The second kappa shape index (κ2) is 7.36. The maximum absolute atomic E-state index is 9.97. The Balaban J connectivity index is 2.90. The number of rotatable bonds is 7. The van der Waals surface area contributed by atoms with Gasteiger partial charge in [-0.25, -0.2) is 0 Å². The summed E-state index contributed by atoms with van der Waals surface area (Å²) in [5, 5.41) is 9.89. The van der Waals surface area contributed by atoms with Gasteiger partial charge in [-0.2, -0.15) is 0 Å². The smallest absolute Gasteiger partial charge is 0.313 e. The third-order valence-corrected chi connectivity index (χ3v) is 1.67. The Morgan fingerprint density at radius 2 is 2.45 bits per heavy atom. The van der Waals surface area contributed by atoms with Crippen molar-refractivity contribution in [1.82, 2.24) is 0 Å². The Morgan fingerprint density at radius 1 is 1.73 bits per heavy atom. The standard InChI is InChI=1S/C5H9NO4S/c7-4-10-2-6-3-11-1-5(8)9/h4,6H,1-3H2,(H,8,9)/p+1. The quantitative estimate of drug-likeness (QED) is 0.282. The molecule has 3 N–H and O–H groups in total. The summed E-state index contributed by atoms with van der Waals surface area (Å²) < 4.78 is 4.34. The number of hydrogen-bond acceptors (Lipinski definition) is 4. The molecular formula is C5H10NO4S+. The minimum atomic E-state index is -0.834. The van der Waals surface area contributed by atoms with Crippen LogP contribution in [-0.2, 0) is 14.3 Å². The molecule has 0 saturated heterocycles. The monoisotopic (exact) mass is 180 g/mol. The van der Waals surface area contributed by atoms with E-state index in [4.69, 9.17) is 5.11 Å². The fraction of sp³-hybridized carbons (Fsp3) is 0.600. The van der Waals surface area contributed by atoms with E-state index >= 15 is 0 Å². The van der Waals surface area contributed by atoms with Crippen LogP contribution in [0.15, 0.2) is 0 Å². The lowest BCUT2D eigenvalue weighted by atomic mass is 10.8. The summed E-state index contributed by atoms with van der Waals surface area (Å²) in [5.41, 5.74) is 0. The van der Waals surface area contributed by atoms with Crippen LogP contribution in [0, 0.1) is 0 Å². The van der Waals surface area contributed by atoms with Crippen LogP contribution in [-0.4, -0.2) is 35.9 Å². The molecule has 0 saturated carbocycles. The molecule has 0 rings (SSSR count). The van der Waals surface area contributed by atoms with Crippen LogP contribution in [0.3, 0.4) is 0 Å². The highest BCUT2D eigenvalue weighted by Gasteiger charge is 1.96. The van der Waals surface area contributed by atoms with Gasteiger partial charge < -0.3 is 15.2 Å². The van der Waals surface area contributed by atoms with Gasteiger partial charge in [0.05, 0.1) is 5.75 Å². The van der Waals surface area contributed by atoms with Crippen LogP contribution < -0.4 is 5.32 Å². The van der Waals surface area contributed by atoms with Crippen molar-refractivity contribution in [3.63, 3.8) is 0 Å². The van der Waals surface area contributed by atoms with Gasteiger partial charge in [0.1, 0.15) is 5.88 Å². The molecule has 64 valence electrons.